The molecule has 0 radical (unpaired) electrons. The fourth-order valence-electron chi connectivity index (χ4n) is 0.822. The van der Waals surface area contributed by atoms with Crippen molar-refractivity contribution in [2.24, 2.45) is 0 Å². The van der Waals surface area contributed by atoms with Gasteiger partial charge in [0.15, 0.2) is 12.6 Å². The van der Waals surface area contributed by atoms with Crippen LogP contribution in [0.4, 0.5) is 4.39 Å². The zero-order valence-electron chi connectivity index (χ0n) is 5.95. The van der Waals surface area contributed by atoms with E-state index in [1.165, 1.54) is 0 Å². The first-order chi connectivity index (χ1) is 5.69. The highest BCUT2D eigenvalue weighted by Crippen LogP contribution is 2.20. The quantitative estimate of drug-likeness (QED) is 0.674. The van der Waals surface area contributed by atoms with E-state index < -0.39 is 11.6 Å². The van der Waals surface area contributed by atoms with Gasteiger partial charge in [0, 0.05) is 0 Å². The molecule has 0 saturated heterocycles. The molecule has 1 aromatic carbocycles. The molecular weight excluding hydrogens is 163 g/mol. The molecule has 0 aliphatic heterocycles. The summed E-state index contributed by atoms with van der Waals surface area (Å²) in [7, 11) is 0. The number of carbonyl (C=O) groups excluding carboxylic acids is 2. The van der Waals surface area contributed by atoms with Crippen LogP contribution in [0, 0.1) is 5.82 Å². The minimum absolute atomic E-state index is 0.225. The molecule has 0 heterocycles. The third-order valence-corrected chi connectivity index (χ3v) is 1.39. The van der Waals surface area contributed by atoms with Gasteiger partial charge in [0.2, 0.25) is 0 Å². The number of carbonyl (C=O) groups is 2. The number of halogens is 1. The molecule has 62 valence electrons. The van der Waals surface area contributed by atoms with Crippen molar-refractivity contribution in [2.75, 3.05) is 0 Å². The van der Waals surface area contributed by atoms with Crippen LogP contribution in [-0.2, 0) is 0 Å². The van der Waals surface area contributed by atoms with Crippen molar-refractivity contribution in [2.45, 2.75) is 0 Å². The van der Waals surface area contributed by atoms with Gasteiger partial charge in [-0.05, 0) is 12.1 Å². The number of aldehydes is 2. The summed E-state index contributed by atoms with van der Waals surface area (Å²) in [4.78, 5) is 20.4. The van der Waals surface area contributed by atoms with Crippen molar-refractivity contribution < 1.29 is 19.1 Å². The normalized spacial score (nSPS) is 9.42. The molecule has 0 aromatic heterocycles. The predicted molar refractivity (Wildman–Crippen MR) is 38.8 cm³/mol. The number of benzene rings is 1. The lowest BCUT2D eigenvalue weighted by atomic mass is 10.1. The minimum Gasteiger partial charge on any atom is -0.506 e. The van der Waals surface area contributed by atoms with Crippen LogP contribution >= 0.6 is 0 Å². The Balaban J connectivity index is 3.41. The first-order valence-corrected chi connectivity index (χ1v) is 3.12. The highest BCUT2D eigenvalue weighted by atomic mass is 19.1. The first-order valence-electron chi connectivity index (χ1n) is 3.12. The van der Waals surface area contributed by atoms with Crippen molar-refractivity contribution in [3.8, 4) is 5.75 Å². The summed E-state index contributed by atoms with van der Waals surface area (Å²) in [6.45, 7) is 0. The molecule has 0 spiro atoms. The number of rotatable bonds is 2. The molecular formula is C8H5FO3. The maximum absolute atomic E-state index is 12.6. The molecule has 1 N–H and O–H groups in total. The van der Waals surface area contributed by atoms with Gasteiger partial charge in [-0.2, -0.15) is 0 Å². The minimum atomic E-state index is -0.725. The molecule has 0 aliphatic carbocycles. The molecule has 1 rings (SSSR count). The summed E-state index contributed by atoms with van der Waals surface area (Å²) in [5, 5.41) is 9.08. The predicted octanol–water partition coefficient (Wildman–Crippen LogP) is 1.16. The third-order valence-electron chi connectivity index (χ3n) is 1.39. The SMILES string of the molecule is O=Cc1cc(F)cc(C=O)c1O. The number of hydrogen-bond donors (Lipinski definition) is 1. The van der Waals surface area contributed by atoms with Gasteiger partial charge in [-0.3, -0.25) is 9.59 Å². The van der Waals surface area contributed by atoms with E-state index in [-0.39, 0.29) is 23.7 Å². The van der Waals surface area contributed by atoms with Crippen LogP contribution in [0.25, 0.3) is 0 Å². The van der Waals surface area contributed by atoms with Crippen molar-refractivity contribution in [1.29, 1.82) is 0 Å². The molecule has 0 atom stereocenters. The second kappa shape index (κ2) is 3.13. The highest BCUT2D eigenvalue weighted by Gasteiger charge is 2.07. The van der Waals surface area contributed by atoms with E-state index in [2.05, 4.69) is 0 Å². The number of phenols is 1. The number of aromatic hydroxyl groups is 1. The average molecular weight is 168 g/mol. The van der Waals surface area contributed by atoms with Crippen LogP contribution in [0.2, 0.25) is 0 Å². The summed E-state index contributed by atoms with van der Waals surface area (Å²) in [5.74, 6) is -1.21. The van der Waals surface area contributed by atoms with Gasteiger partial charge in [-0.15, -0.1) is 0 Å². The first kappa shape index (κ1) is 8.39. The molecule has 1 aromatic rings. The second-order valence-electron chi connectivity index (χ2n) is 2.17. The Morgan fingerprint density at radius 2 is 1.58 bits per heavy atom. The summed E-state index contributed by atoms with van der Waals surface area (Å²) >= 11 is 0. The van der Waals surface area contributed by atoms with Crippen LogP contribution in [0.5, 0.6) is 5.75 Å². The third kappa shape index (κ3) is 1.32. The topological polar surface area (TPSA) is 54.4 Å². The fraction of sp³-hybridized carbons (Fsp3) is 0. The Kier molecular flexibility index (Phi) is 2.19. The van der Waals surface area contributed by atoms with E-state index in [4.69, 9.17) is 5.11 Å². The monoisotopic (exact) mass is 168 g/mol. The lowest BCUT2D eigenvalue weighted by Crippen LogP contribution is -1.90. The van der Waals surface area contributed by atoms with Gasteiger partial charge in [-0.25, -0.2) is 4.39 Å². The number of hydrogen-bond acceptors (Lipinski definition) is 3. The van der Waals surface area contributed by atoms with Crippen molar-refractivity contribution in [1.82, 2.24) is 0 Å². The van der Waals surface area contributed by atoms with Crippen molar-refractivity contribution >= 4 is 12.6 Å². The molecule has 0 unspecified atom stereocenters. The van der Waals surface area contributed by atoms with E-state index in [9.17, 15) is 14.0 Å². The fourth-order valence-corrected chi connectivity index (χ4v) is 0.822. The van der Waals surface area contributed by atoms with Crippen LogP contribution in [0.15, 0.2) is 12.1 Å². The lowest BCUT2D eigenvalue weighted by Gasteiger charge is -1.99. The molecule has 12 heavy (non-hydrogen) atoms. The molecule has 0 saturated carbocycles. The van der Waals surface area contributed by atoms with Crippen LogP contribution in [0.3, 0.4) is 0 Å². The van der Waals surface area contributed by atoms with E-state index in [0.717, 1.165) is 12.1 Å². The maximum Gasteiger partial charge on any atom is 0.153 e. The van der Waals surface area contributed by atoms with Crippen LogP contribution in [-0.4, -0.2) is 17.7 Å². The molecule has 0 fully saturated rings. The smallest absolute Gasteiger partial charge is 0.153 e. The molecule has 4 heteroatoms. The van der Waals surface area contributed by atoms with E-state index in [1.807, 2.05) is 0 Å². The summed E-state index contributed by atoms with van der Waals surface area (Å²) in [6.07, 6.45) is 0.566. The van der Waals surface area contributed by atoms with Gasteiger partial charge in [0.25, 0.3) is 0 Å². The molecule has 0 amide bonds. The van der Waals surface area contributed by atoms with Gasteiger partial charge >= 0.3 is 0 Å². The van der Waals surface area contributed by atoms with E-state index in [1.54, 1.807) is 0 Å². The Morgan fingerprint density at radius 1 is 1.17 bits per heavy atom. The summed E-state index contributed by atoms with van der Waals surface area (Å²) in [6, 6.07) is 1.71. The van der Waals surface area contributed by atoms with E-state index >= 15 is 0 Å². The molecule has 0 aliphatic rings. The zero-order chi connectivity index (χ0) is 9.14. The van der Waals surface area contributed by atoms with Gasteiger partial charge in [0.1, 0.15) is 11.6 Å². The van der Waals surface area contributed by atoms with Crippen LogP contribution in [0.1, 0.15) is 20.7 Å². The number of phenolic OH excluding ortho intramolecular Hbond substituents is 1. The van der Waals surface area contributed by atoms with Gasteiger partial charge < -0.3 is 5.11 Å². The highest BCUT2D eigenvalue weighted by molar-refractivity contribution is 5.88. The Bertz CT molecular complexity index is 304. The largest absolute Gasteiger partial charge is 0.506 e. The maximum atomic E-state index is 12.6. The summed E-state index contributed by atoms with van der Waals surface area (Å²) < 4.78 is 12.6. The lowest BCUT2D eigenvalue weighted by molar-refractivity contribution is 0.111. The molecule has 3 nitrogen and oxygen atoms in total. The molecule has 0 bridgehead atoms. The van der Waals surface area contributed by atoms with Crippen LogP contribution < -0.4 is 0 Å². The van der Waals surface area contributed by atoms with Crippen molar-refractivity contribution in [3.63, 3.8) is 0 Å². The van der Waals surface area contributed by atoms with Crippen molar-refractivity contribution in [3.05, 3.63) is 29.1 Å². The summed E-state index contributed by atoms with van der Waals surface area (Å²) in [5.41, 5.74) is -0.450. The Labute approximate surface area is 67.4 Å². The second-order valence-corrected chi connectivity index (χ2v) is 2.17. The standard InChI is InChI=1S/C8H5FO3/c9-7-1-5(3-10)8(12)6(2-7)4-11/h1-4,12H. The van der Waals surface area contributed by atoms with Gasteiger partial charge in [-0.1, -0.05) is 0 Å². The Morgan fingerprint density at radius 3 is 1.92 bits per heavy atom. The van der Waals surface area contributed by atoms with E-state index in [0.29, 0.717) is 0 Å². The zero-order valence-corrected chi connectivity index (χ0v) is 5.95. The Hall–Kier alpha value is -1.71. The van der Waals surface area contributed by atoms with Gasteiger partial charge in [0.05, 0.1) is 11.1 Å². The average Bonchev–Trinajstić information content (AvgIpc) is 2.08.